The minimum Gasteiger partial charge on any atom is -0.365 e. The number of allylic oxidation sites excluding steroid dienone is 1. The summed E-state index contributed by atoms with van der Waals surface area (Å²) in [6.07, 6.45) is 2.52. The van der Waals surface area contributed by atoms with Crippen molar-refractivity contribution in [3.63, 3.8) is 0 Å². The largest absolute Gasteiger partial charge is 0.365 e. The summed E-state index contributed by atoms with van der Waals surface area (Å²) in [6.45, 7) is 8.24. The predicted octanol–water partition coefficient (Wildman–Crippen LogP) is 4.49. The number of para-hydroxylation sites is 1. The lowest BCUT2D eigenvalue weighted by molar-refractivity contribution is -0.131. The highest BCUT2D eigenvalue weighted by molar-refractivity contribution is 6.12. The van der Waals surface area contributed by atoms with Gasteiger partial charge in [-0.15, -0.1) is 0 Å². The zero-order valence-electron chi connectivity index (χ0n) is 17.1. The summed E-state index contributed by atoms with van der Waals surface area (Å²) in [5.74, 6) is -0.733. The van der Waals surface area contributed by atoms with Crippen LogP contribution in [0.4, 0.5) is 17.1 Å². The summed E-state index contributed by atoms with van der Waals surface area (Å²) in [4.78, 5) is 27.0. The minimum atomic E-state index is -1.17. The first-order valence-electron chi connectivity index (χ1n) is 10.0. The van der Waals surface area contributed by atoms with Crippen molar-refractivity contribution < 1.29 is 9.59 Å². The van der Waals surface area contributed by atoms with Gasteiger partial charge in [0.05, 0.1) is 17.3 Å². The molecule has 0 fully saturated rings. The van der Waals surface area contributed by atoms with Crippen LogP contribution in [0.1, 0.15) is 37.0 Å². The first-order chi connectivity index (χ1) is 13.7. The normalized spacial score (nSPS) is 26.3. The summed E-state index contributed by atoms with van der Waals surface area (Å²) >= 11 is 0. The van der Waals surface area contributed by atoms with Gasteiger partial charge in [0.2, 0.25) is 0 Å². The van der Waals surface area contributed by atoms with Gasteiger partial charge in [-0.3, -0.25) is 9.59 Å². The number of ketones is 1. The average molecular weight is 387 g/mol. The SMILES string of the molecule is Cc1cc2c(cc1C)N[C@]1(C(=O)Nc3ccccc31)[C@@H]1C(=O)CC(C)(C)C=C1N2. The van der Waals surface area contributed by atoms with E-state index < -0.39 is 11.5 Å². The van der Waals surface area contributed by atoms with Gasteiger partial charge in [0.25, 0.3) is 5.91 Å². The Hall–Kier alpha value is -3.08. The molecule has 3 aliphatic rings. The molecule has 29 heavy (non-hydrogen) atoms. The van der Waals surface area contributed by atoms with Gasteiger partial charge in [0.15, 0.2) is 5.54 Å². The van der Waals surface area contributed by atoms with E-state index >= 15 is 0 Å². The number of amides is 1. The van der Waals surface area contributed by atoms with Crippen molar-refractivity contribution in [3.8, 4) is 0 Å². The maximum atomic E-state index is 13.5. The van der Waals surface area contributed by atoms with Gasteiger partial charge in [0.1, 0.15) is 5.78 Å². The van der Waals surface area contributed by atoms with Gasteiger partial charge in [0, 0.05) is 23.4 Å². The van der Waals surface area contributed by atoms with Crippen molar-refractivity contribution in [1.29, 1.82) is 0 Å². The number of carbonyl (C=O) groups is 2. The summed E-state index contributed by atoms with van der Waals surface area (Å²) in [7, 11) is 0. The topological polar surface area (TPSA) is 70.2 Å². The number of Topliss-reactive ketones (excluding diaryl/α,β-unsaturated/α-hetero) is 1. The van der Waals surface area contributed by atoms with Gasteiger partial charge >= 0.3 is 0 Å². The number of anilines is 3. The summed E-state index contributed by atoms with van der Waals surface area (Å²) in [5, 5.41) is 10.1. The van der Waals surface area contributed by atoms with Gasteiger partial charge < -0.3 is 16.0 Å². The number of carbonyl (C=O) groups excluding carboxylic acids is 2. The van der Waals surface area contributed by atoms with Crippen molar-refractivity contribution >= 4 is 28.8 Å². The highest BCUT2D eigenvalue weighted by Crippen LogP contribution is 2.52. The molecule has 1 amide bonds. The molecule has 2 aromatic carbocycles. The lowest BCUT2D eigenvalue weighted by Gasteiger charge is -2.40. The molecule has 2 atom stereocenters. The van der Waals surface area contributed by atoms with E-state index in [2.05, 4.69) is 61.9 Å². The molecule has 5 heteroatoms. The fourth-order valence-corrected chi connectivity index (χ4v) is 5.02. The molecule has 0 unspecified atom stereocenters. The molecule has 1 spiro atoms. The molecule has 0 bridgehead atoms. The highest BCUT2D eigenvalue weighted by atomic mass is 16.2. The number of benzene rings is 2. The monoisotopic (exact) mass is 387 g/mol. The zero-order valence-corrected chi connectivity index (χ0v) is 17.1. The molecular weight excluding hydrogens is 362 g/mol. The molecule has 3 N–H and O–H groups in total. The maximum Gasteiger partial charge on any atom is 0.255 e. The first-order valence-corrected chi connectivity index (χ1v) is 10.0. The number of rotatable bonds is 0. The van der Waals surface area contributed by atoms with Crippen LogP contribution >= 0.6 is 0 Å². The molecule has 2 aliphatic heterocycles. The fraction of sp³-hybridized carbons (Fsp3) is 0.333. The molecular formula is C24H25N3O2. The van der Waals surface area contributed by atoms with Gasteiger partial charge in [-0.1, -0.05) is 38.1 Å². The molecule has 0 saturated heterocycles. The standard InChI is InChI=1S/C24H25N3O2/c1-13-9-17-18(10-14(13)2)27-24(15-7-5-6-8-16(15)26-22(24)29)21-19(25-17)11-23(3,4)12-20(21)28/h5-11,21,25,27H,12H2,1-4H3,(H,26,29)/t21-,24-/m0/s1. The van der Waals surface area contributed by atoms with Crippen LogP contribution in [-0.4, -0.2) is 11.7 Å². The van der Waals surface area contributed by atoms with Crippen LogP contribution in [0.3, 0.4) is 0 Å². The van der Waals surface area contributed by atoms with Gasteiger partial charge in [-0.2, -0.15) is 0 Å². The van der Waals surface area contributed by atoms with Gasteiger partial charge in [-0.05, 0) is 48.6 Å². The van der Waals surface area contributed by atoms with Crippen LogP contribution in [0.2, 0.25) is 0 Å². The lowest BCUT2D eigenvalue weighted by atomic mass is 9.67. The second kappa shape index (κ2) is 5.72. The lowest BCUT2D eigenvalue weighted by Crippen LogP contribution is -2.53. The zero-order chi connectivity index (χ0) is 20.6. The van der Waals surface area contributed by atoms with E-state index in [0.29, 0.717) is 6.42 Å². The van der Waals surface area contributed by atoms with Crippen LogP contribution < -0.4 is 16.0 Å². The van der Waals surface area contributed by atoms with E-state index in [9.17, 15) is 9.59 Å². The summed E-state index contributed by atoms with van der Waals surface area (Å²) < 4.78 is 0. The molecule has 148 valence electrons. The second-order valence-electron chi connectivity index (χ2n) is 9.20. The fourth-order valence-electron chi connectivity index (χ4n) is 5.02. The minimum absolute atomic E-state index is 0.0700. The quantitative estimate of drug-likeness (QED) is 0.623. The number of fused-ring (bicyclic) bond motifs is 5. The summed E-state index contributed by atoms with van der Waals surface area (Å²) in [5.41, 5.74) is 4.95. The third-order valence-electron chi connectivity index (χ3n) is 6.45. The molecule has 2 heterocycles. The second-order valence-corrected chi connectivity index (χ2v) is 9.20. The van der Waals surface area contributed by atoms with E-state index in [1.807, 2.05) is 24.3 Å². The molecule has 5 nitrogen and oxygen atoms in total. The van der Waals surface area contributed by atoms with E-state index in [-0.39, 0.29) is 17.1 Å². The Labute approximate surface area is 170 Å². The first kappa shape index (κ1) is 18.0. The Morgan fingerprint density at radius 2 is 1.62 bits per heavy atom. The Morgan fingerprint density at radius 1 is 0.931 bits per heavy atom. The number of aryl methyl sites for hydroxylation is 2. The smallest absolute Gasteiger partial charge is 0.255 e. The Balaban J connectivity index is 1.83. The molecule has 0 radical (unpaired) electrons. The van der Waals surface area contributed by atoms with Crippen LogP contribution in [0.5, 0.6) is 0 Å². The number of hydrogen-bond acceptors (Lipinski definition) is 4. The van der Waals surface area contributed by atoms with E-state index in [1.54, 1.807) is 0 Å². The molecule has 0 aromatic heterocycles. The Morgan fingerprint density at radius 3 is 2.38 bits per heavy atom. The van der Waals surface area contributed by atoms with Crippen molar-refractivity contribution in [2.45, 2.75) is 39.7 Å². The molecule has 2 aromatic rings. The highest BCUT2D eigenvalue weighted by Gasteiger charge is 2.59. The maximum absolute atomic E-state index is 13.5. The van der Waals surface area contributed by atoms with Gasteiger partial charge in [-0.25, -0.2) is 0 Å². The van der Waals surface area contributed by atoms with Crippen molar-refractivity contribution in [2.75, 3.05) is 16.0 Å². The Kier molecular flexibility index (Phi) is 3.55. The third kappa shape index (κ3) is 2.46. The van der Waals surface area contributed by atoms with E-state index in [0.717, 1.165) is 39.4 Å². The third-order valence-corrected chi connectivity index (χ3v) is 6.45. The number of hydrogen-bond donors (Lipinski definition) is 3. The molecule has 5 rings (SSSR count). The van der Waals surface area contributed by atoms with E-state index in [4.69, 9.17) is 0 Å². The number of nitrogens with one attached hydrogen (secondary N) is 3. The van der Waals surface area contributed by atoms with Crippen molar-refractivity contribution in [1.82, 2.24) is 0 Å². The van der Waals surface area contributed by atoms with Crippen LogP contribution in [0, 0.1) is 25.2 Å². The van der Waals surface area contributed by atoms with E-state index in [1.165, 1.54) is 0 Å². The van der Waals surface area contributed by atoms with Crippen LogP contribution in [-0.2, 0) is 15.1 Å². The molecule has 0 saturated carbocycles. The van der Waals surface area contributed by atoms with Crippen molar-refractivity contribution in [3.05, 3.63) is 64.9 Å². The summed E-state index contributed by atoms with van der Waals surface area (Å²) in [6, 6.07) is 11.8. The average Bonchev–Trinajstić information content (AvgIpc) is 2.81. The van der Waals surface area contributed by atoms with Crippen LogP contribution in [0.25, 0.3) is 0 Å². The van der Waals surface area contributed by atoms with Crippen LogP contribution in [0.15, 0.2) is 48.2 Å². The van der Waals surface area contributed by atoms with Crippen molar-refractivity contribution in [2.24, 2.45) is 11.3 Å². The predicted molar refractivity (Wildman–Crippen MR) is 115 cm³/mol. The molecule has 1 aliphatic carbocycles. The Bertz CT molecular complexity index is 1120.